The van der Waals surface area contributed by atoms with Crippen LogP contribution in [0.3, 0.4) is 0 Å². The number of hydrogen-bond donors (Lipinski definition) is 0. The van der Waals surface area contributed by atoms with Crippen molar-refractivity contribution >= 4 is 31.2 Å². The van der Waals surface area contributed by atoms with E-state index >= 15 is 0 Å². The van der Waals surface area contributed by atoms with Crippen molar-refractivity contribution in [2.75, 3.05) is 6.61 Å². The van der Waals surface area contributed by atoms with Crippen molar-refractivity contribution < 1.29 is 4.74 Å². The molecule has 0 amide bonds. The minimum atomic E-state index is -0.0480. The van der Waals surface area contributed by atoms with Gasteiger partial charge in [0.2, 0.25) is 0 Å². The maximum Gasteiger partial charge on any atom is 0.136 e. The van der Waals surface area contributed by atoms with Crippen LogP contribution in [0, 0.1) is 0 Å². The Kier molecular flexibility index (Phi) is 2.82. The van der Waals surface area contributed by atoms with E-state index in [1.54, 1.807) is 0 Å². The predicted octanol–water partition coefficient (Wildman–Crippen LogP) is 6.27. The van der Waals surface area contributed by atoms with E-state index in [9.17, 15) is 0 Å². The van der Waals surface area contributed by atoms with Gasteiger partial charge in [-0.25, -0.2) is 0 Å². The standard InChI is InChI=1S/C22H17BrO/c1-22(2)16-10-6-5-9-15(16)18-13-7-3-4-8-14(13)21-19(20(18)22)17(23)11-12-24-21/h3-11H,12H2,1-2H3. The number of halogens is 1. The van der Waals surface area contributed by atoms with Gasteiger partial charge >= 0.3 is 0 Å². The molecule has 5 rings (SSSR count). The first-order valence-corrected chi connectivity index (χ1v) is 9.08. The lowest BCUT2D eigenvalue weighted by atomic mass is 9.78. The van der Waals surface area contributed by atoms with Gasteiger partial charge in [0, 0.05) is 20.8 Å². The van der Waals surface area contributed by atoms with Gasteiger partial charge in [-0.1, -0.05) is 78.3 Å². The molecule has 0 bridgehead atoms. The summed E-state index contributed by atoms with van der Waals surface area (Å²) in [5.74, 6) is 1.01. The molecule has 3 aromatic rings. The van der Waals surface area contributed by atoms with Crippen LogP contribution in [0.2, 0.25) is 0 Å². The van der Waals surface area contributed by atoms with E-state index in [0.717, 1.165) is 10.2 Å². The van der Waals surface area contributed by atoms with Gasteiger partial charge in [0.15, 0.2) is 0 Å². The molecule has 0 saturated carbocycles. The number of benzene rings is 3. The second kappa shape index (κ2) is 4.73. The molecule has 1 aliphatic heterocycles. The van der Waals surface area contributed by atoms with Crippen LogP contribution in [0.15, 0.2) is 54.6 Å². The summed E-state index contributed by atoms with van der Waals surface area (Å²) in [6.45, 7) is 5.26. The van der Waals surface area contributed by atoms with E-state index in [-0.39, 0.29) is 5.41 Å². The predicted molar refractivity (Wildman–Crippen MR) is 104 cm³/mol. The Bertz CT molecular complexity index is 1040. The Labute approximate surface area is 150 Å². The van der Waals surface area contributed by atoms with Gasteiger partial charge in [0.25, 0.3) is 0 Å². The molecule has 1 aliphatic carbocycles. The van der Waals surface area contributed by atoms with Gasteiger partial charge in [0.05, 0.1) is 0 Å². The molecule has 0 spiro atoms. The topological polar surface area (TPSA) is 9.23 Å². The average molecular weight is 377 g/mol. The van der Waals surface area contributed by atoms with Gasteiger partial charge in [-0.15, -0.1) is 0 Å². The number of fused-ring (bicyclic) bond motifs is 8. The maximum atomic E-state index is 6.12. The quantitative estimate of drug-likeness (QED) is 0.448. The highest BCUT2D eigenvalue weighted by Gasteiger charge is 2.41. The van der Waals surface area contributed by atoms with Crippen LogP contribution in [-0.4, -0.2) is 6.61 Å². The van der Waals surface area contributed by atoms with Crippen LogP contribution in [-0.2, 0) is 5.41 Å². The summed E-state index contributed by atoms with van der Waals surface area (Å²) in [7, 11) is 0. The zero-order valence-electron chi connectivity index (χ0n) is 13.7. The average Bonchev–Trinajstić information content (AvgIpc) is 2.84. The molecule has 0 radical (unpaired) electrons. The second-order valence-electron chi connectivity index (χ2n) is 7.03. The zero-order valence-corrected chi connectivity index (χ0v) is 15.3. The summed E-state index contributed by atoms with van der Waals surface area (Å²) >= 11 is 3.80. The van der Waals surface area contributed by atoms with E-state index in [4.69, 9.17) is 4.74 Å². The highest BCUT2D eigenvalue weighted by atomic mass is 79.9. The van der Waals surface area contributed by atoms with Gasteiger partial charge in [-0.05, 0) is 33.7 Å². The molecule has 2 heteroatoms. The molecule has 1 heterocycles. The van der Waals surface area contributed by atoms with Crippen LogP contribution in [0.25, 0.3) is 26.4 Å². The largest absolute Gasteiger partial charge is 0.488 e. The second-order valence-corrected chi connectivity index (χ2v) is 7.89. The van der Waals surface area contributed by atoms with Crippen molar-refractivity contribution in [2.24, 2.45) is 0 Å². The van der Waals surface area contributed by atoms with Crippen molar-refractivity contribution in [2.45, 2.75) is 19.3 Å². The minimum Gasteiger partial charge on any atom is -0.488 e. The Morgan fingerprint density at radius 2 is 1.62 bits per heavy atom. The van der Waals surface area contributed by atoms with Crippen molar-refractivity contribution in [1.29, 1.82) is 0 Å². The molecule has 0 saturated heterocycles. The summed E-state index contributed by atoms with van der Waals surface area (Å²) in [6.07, 6.45) is 2.12. The van der Waals surface area contributed by atoms with Crippen LogP contribution in [0.4, 0.5) is 0 Å². The molecule has 0 atom stereocenters. The Morgan fingerprint density at radius 1 is 0.917 bits per heavy atom. The molecular weight excluding hydrogens is 360 g/mol. The van der Waals surface area contributed by atoms with Gasteiger partial charge < -0.3 is 4.74 Å². The summed E-state index contributed by atoms with van der Waals surface area (Å²) in [5, 5.41) is 2.48. The lowest BCUT2D eigenvalue weighted by Gasteiger charge is -2.28. The molecule has 3 aromatic carbocycles. The van der Waals surface area contributed by atoms with Gasteiger partial charge in [-0.2, -0.15) is 0 Å². The van der Waals surface area contributed by atoms with E-state index in [0.29, 0.717) is 6.61 Å². The van der Waals surface area contributed by atoms with Crippen molar-refractivity contribution in [3.63, 3.8) is 0 Å². The monoisotopic (exact) mass is 376 g/mol. The lowest BCUT2D eigenvalue weighted by molar-refractivity contribution is 0.361. The fourth-order valence-corrected chi connectivity index (χ4v) is 4.88. The summed E-state index contributed by atoms with van der Waals surface area (Å²) in [4.78, 5) is 0. The smallest absolute Gasteiger partial charge is 0.136 e. The summed E-state index contributed by atoms with van der Waals surface area (Å²) < 4.78 is 7.26. The van der Waals surface area contributed by atoms with E-state index in [1.165, 1.54) is 38.6 Å². The third kappa shape index (κ3) is 1.65. The SMILES string of the molecule is CC1(C)c2ccccc2-c2c1c1c(c3ccccc23)OCC=C1Br. The molecule has 1 nitrogen and oxygen atoms in total. The molecule has 0 unspecified atom stereocenters. The zero-order chi connectivity index (χ0) is 16.5. The Balaban J connectivity index is 2.07. The van der Waals surface area contributed by atoms with Crippen LogP contribution in [0.5, 0.6) is 5.75 Å². The Hall–Kier alpha value is -2.06. The first-order valence-electron chi connectivity index (χ1n) is 8.28. The fourth-order valence-electron chi connectivity index (χ4n) is 4.37. The lowest BCUT2D eigenvalue weighted by Crippen LogP contribution is -2.18. The van der Waals surface area contributed by atoms with Crippen LogP contribution >= 0.6 is 15.9 Å². The molecule has 0 fully saturated rings. The highest BCUT2D eigenvalue weighted by molar-refractivity contribution is 9.15. The number of hydrogen-bond acceptors (Lipinski definition) is 1. The third-order valence-corrected chi connectivity index (χ3v) is 6.11. The third-order valence-electron chi connectivity index (χ3n) is 5.39. The van der Waals surface area contributed by atoms with Gasteiger partial charge in [0.1, 0.15) is 12.4 Å². The number of ether oxygens (including phenoxy) is 1. The van der Waals surface area contributed by atoms with Crippen molar-refractivity contribution in [1.82, 2.24) is 0 Å². The van der Waals surface area contributed by atoms with Crippen LogP contribution in [0.1, 0.15) is 30.5 Å². The summed E-state index contributed by atoms with van der Waals surface area (Å²) in [6, 6.07) is 17.4. The van der Waals surface area contributed by atoms with E-state index in [2.05, 4.69) is 84.4 Å². The maximum absolute atomic E-state index is 6.12. The van der Waals surface area contributed by atoms with Crippen molar-refractivity contribution in [3.05, 3.63) is 71.3 Å². The van der Waals surface area contributed by atoms with Crippen LogP contribution < -0.4 is 4.74 Å². The van der Waals surface area contributed by atoms with Gasteiger partial charge in [-0.3, -0.25) is 0 Å². The molecule has 24 heavy (non-hydrogen) atoms. The van der Waals surface area contributed by atoms with E-state index < -0.39 is 0 Å². The minimum absolute atomic E-state index is 0.0480. The Morgan fingerprint density at radius 3 is 2.46 bits per heavy atom. The van der Waals surface area contributed by atoms with E-state index in [1.807, 2.05) is 0 Å². The first kappa shape index (κ1) is 14.3. The fraction of sp³-hybridized carbons (Fsp3) is 0.182. The molecule has 0 aromatic heterocycles. The van der Waals surface area contributed by atoms with Crippen molar-refractivity contribution in [3.8, 4) is 16.9 Å². The first-order chi connectivity index (χ1) is 11.6. The highest BCUT2D eigenvalue weighted by Crippen LogP contribution is 2.57. The molecule has 118 valence electrons. The molecule has 0 N–H and O–H groups in total. The molecule has 2 aliphatic rings. The summed E-state index contributed by atoms with van der Waals surface area (Å²) in [5.41, 5.74) is 6.65. The normalized spacial score (nSPS) is 16.9. The molecular formula is C22H17BrO. The number of rotatable bonds is 0.